The molecule has 0 aliphatic heterocycles. The lowest BCUT2D eigenvalue weighted by molar-refractivity contribution is 0.541. The van der Waals surface area contributed by atoms with Crippen LogP contribution in [0.2, 0.25) is 0 Å². The van der Waals surface area contributed by atoms with Crippen molar-refractivity contribution in [2.45, 2.75) is 81.3 Å². The summed E-state index contributed by atoms with van der Waals surface area (Å²) in [4.78, 5) is 0.511. The maximum Gasteiger partial charge on any atom is 0.184 e. The van der Waals surface area contributed by atoms with Gasteiger partial charge in [-0.1, -0.05) is 63.1 Å². The third kappa shape index (κ3) is 3.88. The van der Waals surface area contributed by atoms with Gasteiger partial charge < -0.3 is 0 Å². The van der Waals surface area contributed by atoms with Gasteiger partial charge in [-0.3, -0.25) is 0 Å². The van der Waals surface area contributed by atoms with Crippen molar-refractivity contribution in [2.24, 2.45) is 0 Å². The number of rotatable bonds is 9. The molecule has 2 nitrogen and oxygen atoms in total. The van der Waals surface area contributed by atoms with Crippen LogP contribution in [0.25, 0.3) is 0 Å². The molecule has 1 aliphatic rings. The van der Waals surface area contributed by atoms with Gasteiger partial charge in [0.25, 0.3) is 0 Å². The van der Waals surface area contributed by atoms with Crippen molar-refractivity contribution in [2.75, 3.05) is 0 Å². The standard InChI is InChI=1S/C18H28O2S/c1-3-4-5-6-7-8-13-18(14-15-18)21(19,20)17-11-9-16(2)10-12-17/h9-12H,3-8,13-15H2,1-2H3. The van der Waals surface area contributed by atoms with Crippen molar-refractivity contribution < 1.29 is 8.42 Å². The first kappa shape index (κ1) is 16.5. The van der Waals surface area contributed by atoms with E-state index in [4.69, 9.17) is 0 Å². The SMILES string of the molecule is CCCCCCCCC1(S(=O)(=O)c2ccc(C)cc2)CC1. The molecule has 1 aromatic rings. The minimum Gasteiger partial charge on any atom is -0.223 e. The molecule has 0 N–H and O–H groups in total. The smallest absolute Gasteiger partial charge is 0.184 e. The highest BCUT2D eigenvalue weighted by atomic mass is 32.2. The van der Waals surface area contributed by atoms with Crippen molar-refractivity contribution in [3.8, 4) is 0 Å². The van der Waals surface area contributed by atoms with Crippen LogP contribution in [-0.2, 0) is 9.84 Å². The molecule has 0 heterocycles. The minimum atomic E-state index is -3.14. The molecule has 3 heteroatoms. The van der Waals surface area contributed by atoms with E-state index in [9.17, 15) is 8.42 Å². The van der Waals surface area contributed by atoms with Gasteiger partial charge in [-0.2, -0.15) is 0 Å². The number of aryl methyl sites for hydroxylation is 1. The van der Waals surface area contributed by atoms with Gasteiger partial charge in [0, 0.05) is 0 Å². The first-order valence-corrected chi connectivity index (χ1v) is 9.81. The zero-order valence-electron chi connectivity index (χ0n) is 13.4. The van der Waals surface area contributed by atoms with Gasteiger partial charge in [-0.05, 0) is 38.3 Å². The molecule has 1 aliphatic carbocycles. The Labute approximate surface area is 129 Å². The summed E-state index contributed by atoms with van der Waals surface area (Å²) in [5.41, 5.74) is 1.11. The number of unbranched alkanes of at least 4 members (excludes halogenated alkanes) is 5. The van der Waals surface area contributed by atoms with Crippen molar-refractivity contribution in [3.63, 3.8) is 0 Å². The summed E-state index contributed by atoms with van der Waals surface area (Å²) in [5.74, 6) is 0. The molecular weight excluding hydrogens is 280 g/mol. The van der Waals surface area contributed by atoms with Crippen LogP contribution >= 0.6 is 0 Å². The Morgan fingerprint density at radius 3 is 2.10 bits per heavy atom. The Hall–Kier alpha value is -0.830. The molecular formula is C18H28O2S. The quantitative estimate of drug-likeness (QED) is 0.598. The molecule has 118 valence electrons. The lowest BCUT2D eigenvalue weighted by atomic mass is 10.1. The molecule has 0 aromatic heterocycles. The number of benzene rings is 1. The molecule has 1 fully saturated rings. The molecule has 1 saturated carbocycles. The highest BCUT2D eigenvalue weighted by Gasteiger charge is 2.53. The Morgan fingerprint density at radius 2 is 1.52 bits per heavy atom. The fraction of sp³-hybridized carbons (Fsp3) is 0.667. The largest absolute Gasteiger partial charge is 0.223 e. The van der Waals surface area contributed by atoms with E-state index < -0.39 is 14.6 Å². The molecule has 21 heavy (non-hydrogen) atoms. The van der Waals surface area contributed by atoms with Crippen LogP contribution in [0.1, 0.15) is 70.3 Å². The van der Waals surface area contributed by atoms with Crippen LogP contribution in [0.4, 0.5) is 0 Å². The Morgan fingerprint density at radius 1 is 0.952 bits per heavy atom. The summed E-state index contributed by atoms with van der Waals surface area (Å²) in [6.07, 6.45) is 9.84. The van der Waals surface area contributed by atoms with Crippen molar-refractivity contribution in [1.82, 2.24) is 0 Å². The van der Waals surface area contributed by atoms with Crippen LogP contribution in [0, 0.1) is 6.92 Å². The van der Waals surface area contributed by atoms with E-state index in [2.05, 4.69) is 6.92 Å². The number of sulfone groups is 1. The lowest BCUT2D eigenvalue weighted by Crippen LogP contribution is -2.23. The maximum atomic E-state index is 12.8. The first-order chi connectivity index (χ1) is 10.0. The van der Waals surface area contributed by atoms with Crippen LogP contribution in [0.5, 0.6) is 0 Å². The van der Waals surface area contributed by atoms with Crippen LogP contribution in [0.3, 0.4) is 0 Å². The van der Waals surface area contributed by atoms with Gasteiger partial charge in [0.15, 0.2) is 9.84 Å². The minimum absolute atomic E-state index is 0.437. The van der Waals surface area contributed by atoms with E-state index in [1.165, 1.54) is 32.1 Å². The average molecular weight is 308 g/mol. The maximum absolute atomic E-state index is 12.8. The summed E-state index contributed by atoms with van der Waals surface area (Å²) in [5, 5.41) is 0. The Kier molecular flexibility index (Phi) is 5.48. The van der Waals surface area contributed by atoms with Crippen LogP contribution in [0.15, 0.2) is 29.2 Å². The Bertz CT molecular complexity index is 539. The van der Waals surface area contributed by atoms with Crippen molar-refractivity contribution >= 4 is 9.84 Å². The normalized spacial score (nSPS) is 16.9. The lowest BCUT2D eigenvalue weighted by Gasteiger charge is -2.16. The fourth-order valence-corrected chi connectivity index (χ4v) is 5.03. The first-order valence-electron chi connectivity index (χ1n) is 8.33. The van der Waals surface area contributed by atoms with Gasteiger partial charge in [0.2, 0.25) is 0 Å². The molecule has 0 amide bonds. The van der Waals surface area contributed by atoms with Crippen LogP contribution in [-0.4, -0.2) is 13.2 Å². The third-order valence-electron chi connectivity index (χ3n) is 4.69. The van der Waals surface area contributed by atoms with Gasteiger partial charge >= 0.3 is 0 Å². The monoisotopic (exact) mass is 308 g/mol. The fourth-order valence-electron chi connectivity index (χ4n) is 2.99. The summed E-state index contributed by atoms with van der Waals surface area (Å²) < 4.78 is 25.2. The van der Waals surface area contributed by atoms with Crippen molar-refractivity contribution in [3.05, 3.63) is 29.8 Å². The van der Waals surface area contributed by atoms with Crippen molar-refractivity contribution in [1.29, 1.82) is 0 Å². The second-order valence-corrected chi connectivity index (χ2v) is 8.86. The van der Waals surface area contributed by atoms with E-state index in [-0.39, 0.29) is 0 Å². The predicted octanol–water partition coefficient (Wildman–Crippen LogP) is 5.05. The number of hydrogen-bond acceptors (Lipinski definition) is 2. The molecule has 0 radical (unpaired) electrons. The van der Waals surface area contributed by atoms with Gasteiger partial charge in [0.1, 0.15) is 0 Å². The summed E-state index contributed by atoms with van der Waals surface area (Å²) in [6.45, 7) is 4.20. The Balaban J connectivity index is 1.91. The third-order valence-corrected chi connectivity index (χ3v) is 7.34. The summed E-state index contributed by atoms with van der Waals surface area (Å²) in [7, 11) is -3.14. The highest BCUT2D eigenvalue weighted by molar-refractivity contribution is 7.93. The van der Waals surface area contributed by atoms with Crippen LogP contribution < -0.4 is 0 Å². The molecule has 1 aromatic carbocycles. The average Bonchev–Trinajstić information content (AvgIpc) is 3.25. The second-order valence-electron chi connectivity index (χ2n) is 6.52. The highest BCUT2D eigenvalue weighted by Crippen LogP contribution is 2.50. The van der Waals surface area contributed by atoms with E-state index in [1.807, 2.05) is 19.1 Å². The zero-order valence-corrected chi connectivity index (χ0v) is 14.2. The molecule has 0 bridgehead atoms. The number of hydrogen-bond donors (Lipinski definition) is 0. The van der Waals surface area contributed by atoms with Gasteiger partial charge in [-0.15, -0.1) is 0 Å². The zero-order chi connectivity index (χ0) is 15.3. The van der Waals surface area contributed by atoms with Gasteiger partial charge in [0.05, 0.1) is 9.64 Å². The van der Waals surface area contributed by atoms with E-state index in [0.29, 0.717) is 4.90 Å². The van der Waals surface area contributed by atoms with Gasteiger partial charge in [-0.25, -0.2) is 8.42 Å². The molecule has 0 spiro atoms. The molecule has 0 atom stereocenters. The second kappa shape index (κ2) is 6.95. The molecule has 0 saturated heterocycles. The summed E-state index contributed by atoms with van der Waals surface area (Å²) >= 11 is 0. The molecule has 2 rings (SSSR count). The topological polar surface area (TPSA) is 34.1 Å². The summed E-state index contributed by atoms with van der Waals surface area (Å²) in [6, 6.07) is 7.33. The van der Waals surface area contributed by atoms with E-state index in [1.54, 1.807) is 12.1 Å². The van der Waals surface area contributed by atoms with E-state index >= 15 is 0 Å². The van der Waals surface area contributed by atoms with E-state index in [0.717, 1.165) is 31.2 Å². The predicted molar refractivity (Wildman–Crippen MR) is 88.3 cm³/mol. The molecule has 0 unspecified atom stereocenters.